The molecule has 0 aromatic heterocycles. The number of fused-ring (bicyclic) bond motifs is 1. The van der Waals surface area contributed by atoms with E-state index in [1.807, 2.05) is 26.8 Å². The van der Waals surface area contributed by atoms with Crippen molar-refractivity contribution in [1.82, 2.24) is 4.90 Å². The lowest BCUT2D eigenvalue weighted by Gasteiger charge is -2.30. The van der Waals surface area contributed by atoms with Crippen LogP contribution in [0.3, 0.4) is 0 Å². The second kappa shape index (κ2) is 12.9. The molecular formula is C32H39FN4O6. The summed E-state index contributed by atoms with van der Waals surface area (Å²) in [5, 5.41) is 27.2. The molecule has 0 radical (unpaired) electrons. The van der Waals surface area contributed by atoms with Crippen molar-refractivity contribution < 1.29 is 33.3 Å². The Bertz CT molecular complexity index is 1460. The first-order valence-corrected chi connectivity index (χ1v) is 14.4. The Labute approximate surface area is 251 Å². The van der Waals surface area contributed by atoms with Gasteiger partial charge >= 0.3 is 5.97 Å². The lowest BCUT2D eigenvalue weighted by Crippen LogP contribution is -2.31. The molecule has 11 heteroatoms. The molecule has 10 nitrogen and oxygen atoms in total. The molecule has 0 spiro atoms. The molecule has 1 unspecified atom stereocenters. The molecule has 0 bridgehead atoms. The SMILES string of the molecule is COc1cc2c(c(F)c1OC)C(=N)N(CC(=O)c1cc(N3CCC(C#N)C3)c(OCCCCC(=O)O)c(C(C)(C)C)c1)C2. The van der Waals surface area contributed by atoms with E-state index in [2.05, 4.69) is 11.0 Å². The fourth-order valence-corrected chi connectivity index (χ4v) is 5.58. The fourth-order valence-electron chi connectivity index (χ4n) is 5.58. The van der Waals surface area contributed by atoms with E-state index >= 15 is 4.39 Å². The summed E-state index contributed by atoms with van der Waals surface area (Å²) >= 11 is 0. The summed E-state index contributed by atoms with van der Waals surface area (Å²) in [6.45, 7) is 7.54. The molecule has 43 heavy (non-hydrogen) atoms. The van der Waals surface area contributed by atoms with Crippen molar-refractivity contribution in [3.05, 3.63) is 46.3 Å². The number of halogens is 1. The Morgan fingerprint density at radius 1 is 1.16 bits per heavy atom. The quantitative estimate of drug-likeness (QED) is 0.253. The number of aliphatic carboxylic acids is 1. The Balaban J connectivity index is 1.66. The highest BCUT2D eigenvalue weighted by molar-refractivity contribution is 6.06. The summed E-state index contributed by atoms with van der Waals surface area (Å²) in [7, 11) is 2.75. The monoisotopic (exact) mass is 594 g/mol. The van der Waals surface area contributed by atoms with Gasteiger partial charge in [-0.05, 0) is 48.4 Å². The molecule has 2 aromatic carbocycles. The van der Waals surface area contributed by atoms with Gasteiger partial charge in [0.25, 0.3) is 0 Å². The van der Waals surface area contributed by atoms with Crippen LogP contribution in [0, 0.1) is 28.5 Å². The molecule has 230 valence electrons. The maximum Gasteiger partial charge on any atom is 0.303 e. The zero-order valence-electron chi connectivity index (χ0n) is 25.4. The van der Waals surface area contributed by atoms with Crippen molar-refractivity contribution >= 4 is 23.3 Å². The highest BCUT2D eigenvalue weighted by atomic mass is 19.1. The van der Waals surface area contributed by atoms with Crippen molar-refractivity contribution in [2.75, 3.05) is 45.4 Å². The third kappa shape index (κ3) is 6.69. The number of carbonyl (C=O) groups excluding carboxylic acids is 1. The molecule has 2 aliphatic heterocycles. The second-order valence-corrected chi connectivity index (χ2v) is 12.0. The van der Waals surface area contributed by atoms with E-state index in [9.17, 15) is 14.9 Å². The molecule has 2 aromatic rings. The number of amidine groups is 1. The molecule has 4 rings (SSSR count). The van der Waals surface area contributed by atoms with E-state index < -0.39 is 17.2 Å². The summed E-state index contributed by atoms with van der Waals surface area (Å²) in [6.07, 6.45) is 1.79. The van der Waals surface area contributed by atoms with Gasteiger partial charge in [-0.25, -0.2) is 4.39 Å². The van der Waals surface area contributed by atoms with Crippen LogP contribution in [0.1, 0.15) is 73.5 Å². The van der Waals surface area contributed by atoms with E-state index in [0.717, 1.165) is 5.56 Å². The Morgan fingerprint density at radius 3 is 2.51 bits per heavy atom. The Hall–Kier alpha value is -4.33. The number of nitrogens with one attached hydrogen (secondary N) is 1. The van der Waals surface area contributed by atoms with Gasteiger partial charge in [-0.2, -0.15) is 5.26 Å². The van der Waals surface area contributed by atoms with E-state index in [-0.39, 0.29) is 54.1 Å². The van der Waals surface area contributed by atoms with Gasteiger partial charge < -0.3 is 29.1 Å². The standard InChI is InChI=1S/C32H39FN4O6/c1-32(2,3)22-12-20(13-23(36-10-9-19(15-34)16-36)29(22)43-11-7-6-8-26(39)40)24(38)18-37-17-21-14-25(41-4)30(42-5)28(33)27(21)31(37)35/h12-14,19,35H,6-11,16-18H2,1-5H3,(H,39,40). The molecule has 0 amide bonds. The van der Waals surface area contributed by atoms with E-state index in [4.69, 9.17) is 24.7 Å². The third-order valence-electron chi connectivity index (χ3n) is 7.88. The topological polar surface area (TPSA) is 136 Å². The fraction of sp³-hybridized carbons (Fsp3) is 0.500. The molecule has 1 saturated heterocycles. The number of anilines is 1. The summed E-state index contributed by atoms with van der Waals surface area (Å²) < 4.78 is 32.0. The van der Waals surface area contributed by atoms with Crippen LogP contribution in [0.25, 0.3) is 0 Å². The van der Waals surface area contributed by atoms with Crippen LogP contribution in [0.2, 0.25) is 0 Å². The van der Waals surface area contributed by atoms with Crippen molar-refractivity contribution in [2.45, 2.75) is 58.4 Å². The number of Topliss-reactive ketones (excluding diaryl/α,β-unsaturated/α-hetero) is 1. The number of unbranched alkanes of at least 4 members (excludes halogenated alkanes) is 1. The average Bonchev–Trinajstić information content (AvgIpc) is 3.56. The number of ether oxygens (including phenoxy) is 3. The van der Waals surface area contributed by atoms with Crippen LogP contribution in [0.4, 0.5) is 10.1 Å². The van der Waals surface area contributed by atoms with Crippen LogP contribution in [-0.2, 0) is 16.8 Å². The Morgan fingerprint density at radius 2 is 1.91 bits per heavy atom. The highest BCUT2D eigenvalue weighted by Gasteiger charge is 2.34. The maximum atomic E-state index is 15.3. The van der Waals surface area contributed by atoms with Crippen LogP contribution in [0.5, 0.6) is 17.2 Å². The number of hydrogen-bond acceptors (Lipinski definition) is 8. The summed E-state index contributed by atoms with van der Waals surface area (Å²) in [5.41, 5.74) is 2.17. The Kier molecular flexibility index (Phi) is 9.48. The van der Waals surface area contributed by atoms with Gasteiger partial charge in [-0.15, -0.1) is 0 Å². The first-order chi connectivity index (χ1) is 20.4. The first kappa shape index (κ1) is 31.6. The van der Waals surface area contributed by atoms with Gasteiger partial charge in [-0.3, -0.25) is 15.0 Å². The molecule has 1 atom stereocenters. The normalized spacial score (nSPS) is 16.2. The number of nitrogens with zero attached hydrogens (tertiary/aromatic N) is 3. The number of carboxylic acid groups (broad SMARTS) is 1. The van der Waals surface area contributed by atoms with Gasteiger partial charge in [0.05, 0.1) is 50.6 Å². The van der Waals surface area contributed by atoms with Crippen LogP contribution >= 0.6 is 0 Å². The summed E-state index contributed by atoms with van der Waals surface area (Å²) in [6, 6.07) is 7.56. The van der Waals surface area contributed by atoms with Gasteiger partial charge in [-0.1, -0.05) is 20.8 Å². The number of methoxy groups -OCH3 is 2. The second-order valence-electron chi connectivity index (χ2n) is 12.0. The molecule has 2 N–H and O–H groups in total. The summed E-state index contributed by atoms with van der Waals surface area (Å²) in [4.78, 5) is 28.3. The van der Waals surface area contributed by atoms with Crippen molar-refractivity contribution in [3.8, 4) is 23.3 Å². The van der Waals surface area contributed by atoms with Gasteiger partial charge in [0.15, 0.2) is 23.1 Å². The molecule has 0 aliphatic carbocycles. The number of benzene rings is 2. The predicted molar refractivity (Wildman–Crippen MR) is 159 cm³/mol. The zero-order valence-corrected chi connectivity index (χ0v) is 25.4. The number of rotatable bonds is 12. The zero-order chi connectivity index (χ0) is 31.5. The van der Waals surface area contributed by atoms with Gasteiger partial charge in [0.2, 0.25) is 0 Å². The number of ketones is 1. The van der Waals surface area contributed by atoms with Crippen LogP contribution < -0.4 is 19.1 Å². The van der Waals surface area contributed by atoms with Crippen molar-refractivity contribution in [2.24, 2.45) is 5.92 Å². The minimum Gasteiger partial charge on any atom is -0.493 e. The molecule has 1 fully saturated rings. The van der Waals surface area contributed by atoms with Gasteiger partial charge in [0, 0.05) is 37.2 Å². The first-order valence-electron chi connectivity index (χ1n) is 14.4. The summed E-state index contributed by atoms with van der Waals surface area (Å²) in [5.74, 6) is -1.27. The number of carbonyl (C=O) groups is 2. The third-order valence-corrected chi connectivity index (χ3v) is 7.88. The average molecular weight is 595 g/mol. The predicted octanol–water partition coefficient (Wildman–Crippen LogP) is 5.15. The molecule has 0 saturated carbocycles. The number of nitriles is 1. The highest BCUT2D eigenvalue weighted by Crippen LogP contribution is 2.43. The van der Waals surface area contributed by atoms with E-state index in [0.29, 0.717) is 61.5 Å². The molecule has 2 aliphatic rings. The van der Waals surface area contributed by atoms with Crippen molar-refractivity contribution in [1.29, 1.82) is 10.7 Å². The molecular weight excluding hydrogens is 555 g/mol. The minimum atomic E-state index is -0.853. The van der Waals surface area contributed by atoms with Crippen LogP contribution in [0.15, 0.2) is 18.2 Å². The smallest absolute Gasteiger partial charge is 0.303 e. The van der Waals surface area contributed by atoms with E-state index in [1.165, 1.54) is 19.1 Å². The molecule has 2 heterocycles. The maximum absolute atomic E-state index is 15.3. The largest absolute Gasteiger partial charge is 0.493 e. The van der Waals surface area contributed by atoms with E-state index in [1.54, 1.807) is 12.1 Å². The lowest BCUT2D eigenvalue weighted by molar-refractivity contribution is -0.137. The number of hydrogen-bond donors (Lipinski definition) is 2. The number of carboxylic acids is 1. The van der Waals surface area contributed by atoms with Crippen molar-refractivity contribution in [3.63, 3.8) is 0 Å². The van der Waals surface area contributed by atoms with Gasteiger partial charge in [0.1, 0.15) is 11.6 Å². The van der Waals surface area contributed by atoms with Crippen LogP contribution in [-0.4, -0.2) is 68.1 Å². The minimum absolute atomic E-state index is 0.0601. The lowest BCUT2D eigenvalue weighted by atomic mass is 9.84.